The van der Waals surface area contributed by atoms with Crippen LogP contribution in [0.15, 0.2) is 47.5 Å². The van der Waals surface area contributed by atoms with Crippen LogP contribution >= 0.6 is 11.6 Å². The van der Waals surface area contributed by atoms with Crippen LogP contribution < -0.4 is 5.32 Å². The van der Waals surface area contributed by atoms with Gasteiger partial charge in [-0.25, -0.2) is 4.84 Å². The highest BCUT2D eigenvalue weighted by Crippen LogP contribution is 2.29. The van der Waals surface area contributed by atoms with Crippen molar-refractivity contribution in [3.05, 3.63) is 63.5 Å². The predicted molar refractivity (Wildman–Crippen MR) is 87.3 cm³/mol. The first-order valence-corrected chi connectivity index (χ1v) is 7.23. The van der Waals surface area contributed by atoms with E-state index < -0.39 is 0 Å². The van der Waals surface area contributed by atoms with Crippen molar-refractivity contribution in [2.24, 2.45) is 4.99 Å². The van der Waals surface area contributed by atoms with Gasteiger partial charge >= 0.3 is 5.69 Å². The average Bonchev–Trinajstić information content (AvgIpc) is 2.72. The monoisotopic (exact) mass is 330 g/mol. The van der Waals surface area contributed by atoms with Crippen LogP contribution in [-0.2, 0) is 9.63 Å². The number of aliphatic imine (C=N–C) groups is 1. The first-order valence-electron chi connectivity index (χ1n) is 6.85. The zero-order valence-electron chi connectivity index (χ0n) is 12.2. The van der Waals surface area contributed by atoms with Gasteiger partial charge in [-0.15, -0.1) is 0 Å². The molecule has 1 N–H and O–H groups in total. The van der Waals surface area contributed by atoms with Crippen molar-refractivity contribution in [2.75, 3.05) is 19.0 Å². The predicted octanol–water partition coefficient (Wildman–Crippen LogP) is 3.10. The number of nitrogens with one attached hydrogen (secondary N) is 1. The molecule has 0 spiro atoms. The van der Waals surface area contributed by atoms with E-state index in [2.05, 4.69) is 15.1 Å². The summed E-state index contributed by atoms with van der Waals surface area (Å²) in [5.74, 6) is -0.230. The molecule has 116 valence electrons. The zero-order chi connectivity index (χ0) is 16.4. The topological polar surface area (TPSA) is 70.8 Å². The van der Waals surface area contributed by atoms with Gasteiger partial charge in [0.1, 0.15) is 6.54 Å². The van der Waals surface area contributed by atoms with Crippen LogP contribution in [-0.4, -0.2) is 30.2 Å². The number of carbonyl (C=O) groups excluding carboxylic acids is 1. The van der Waals surface area contributed by atoms with E-state index in [-0.39, 0.29) is 12.5 Å². The maximum atomic E-state index is 11.8. The third-order valence-corrected chi connectivity index (χ3v) is 3.75. The van der Waals surface area contributed by atoms with Crippen LogP contribution in [0.1, 0.15) is 11.1 Å². The Balaban J connectivity index is 2.20. The van der Waals surface area contributed by atoms with Crippen LogP contribution in [0.3, 0.4) is 0 Å². The van der Waals surface area contributed by atoms with Gasteiger partial charge in [0, 0.05) is 28.3 Å². The highest BCUT2D eigenvalue weighted by Gasteiger charge is 2.24. The lowest BCUT2D eigenvalue weighted by atomic mass is 10.00. The van der Waals surface area contributed by atoms with E-state index >= 15 is 0 Å². The van der Waals surface area contributed by atoms with Crippen molar-refractivity contribution < 1.29 is 14.6 Å². The molecule has 1 aliphatic heterocycles. The summed E-state index contributed by atoms with van der Waals surface area (Å²) >= 11 is 6.26. The highest BCUT2D eigenvalue weighted by atomic mass is 35.5. The standard InChI is InChI=1S/C16H12ClN3O3/c1-23-20(22)10-6-7-14-12(8-10)16(18-9-15(21)19-14)11-4-2-3-5-13(11)17/h2-8H,9H2,1H3/p+1. The number of amides is 1. The van der Waals surface area contributed by atoms with Crippen molar-refractivity contribution in [1.29, 1.82) is 0 Å². The van der Waals surface area contributed by atoms with Gasteiger partial charge in [-0.05, 0) is 12.1 Å². The molecule has 23 heavy (non-hydrogen) atoms. The lowest BCUT2D eigenvalue weighted by Crippen LogP contribution is -2.13. The molecule has 7 heteroatoms. The fourth-order valence-corrected chi connectivity index (χ4v) is 2.59. The third-order valence-electron chi connectivity index (χ3n) is 3.42. The Bertz CT molecular complexity index is 833. The number of rotatable bonds is 3. The molecule has 6 nitrogen and oxygen atoms in total. The summed E-state index contributed by atoms with van der Waals surface area (Å²) in [6.45, 7) is -0.0179. The van der Waals surface area contributed by atoms with Gasteiger partial charge < -0.3 is 5.32 Å². The molecule has 0 atom stereocenters. The van der Waals surface area contributed by atoms with Gasteiger partial charge in [0.15, 0.2) is 7.11 Å². The number of anilines is 1. The molecule has 0 unspecified atom stereocenters. The van der Waals surface area contributed by atoms with Crippen molar-refractivity contribution in [3.63, 3.8) is 0 Å². The average molecular weight is 331 g/mol. The van der Waals surface area contributed by atoms with Crippen LogP contribution in [0, 0.1) is 4.91 Å². The fraction of sp³-hybridized carbons (Fsp3) is 0.125. The minimum absolute atomic E-state index is 0.0179. The van der Waals surface area contributed by atoms with Gasteiger partial charge in [0.2, 0.25) is 5.91 Å². The second-order valence-electron chi connectivity index (χ2n) is 4.86. The molecule has 1 heterocycles. The number of benzodiazepines with no additional fused rings is 1. The Kier molecular flexibility index (Phi) is 4.08. The highest BCUT2D eigenvalue weighted by molar-refractivity contribution is 6.36. The van der Waals surface area contributed by atoms with E-state index in [4.69, 9.17) is 11.6 Å². The number of nitrogens with zero attached hydrogens (tertiary/aromatic N) is 2. The lowest BCUT2D eigenvalue weighted by Gasteiger charge is -2.10. The number of hydrogen-bond acceptors (Lipinski definition) is 4. The maximum Gasteiger partial charge on any atom is 0.317 e. The number of halogens is 1. The molecule has 2 aromatic carbocycles. The van der Waals surface area contributed by atoms with Crippen molar-refractivity contribution >= 4 is 34.6 Å². The molecule has 0 fully saturated rings. The van der Waals surface area contributed by atoms with Gasteiger partial charge in [-0.2, -0.15) is 0 Å². The Morgan fingerprint density at radius 3 is 2.74 bits per heavy atom. The Morgan fingerprint density at radius 2 is 2.00 bits per heavy atom. The SMILES string of the molecule is CO[N+](=O)c1ccc2c(c1)C(c1ccccc1Cl)=NCC(=O)N2. The fourth-order valence-electron chi connectivity index (χ4n) is 2.37. The minimum atomic E-state index is -0.230. The summed E-state index contributed by atoms with van der Waals surface area (Å²) in [6, 6.07) is 12.0. The molecule has 3 rings (SSSR count). The molecule has 0 bridgehead atoms. The summed E-state index contributed by atoms with van der Waals surface area (Å²) in [7, 11) is 1.28. The first kappa shape index (κ1) is 15.2. The Labute approximate surface area is 137 Å². The van der Waals surface area contributed by atoms with Crippen molar-refractivity contribution in [3.8, 4) is 0 Å². The van der Waals surface area contributed by atoms with Gasteiger partial charge in [-0.3, -0.25) is 9.79 Å². The minimum Gasteiger partial charge on any atom is -0.324 e. The number of fused-ring (bicyclic) bond motifs is 1. The molecule has 1 amide bonds. The quantitative estimate of drug-likeness (QED) is 0.879. The van der Waals surface area contributed by atoms with Gasteiger partial charge in [0.25, 0.3) is 4.92 Å². The van der Waals surface area contributed by atoms with E-state index in [1.54, 1.807) is 24.3 Å². The van der Waals surface area contributed by atoms with Crippen LogP contribution in [0.4, 0.5) is 11.4 Å². The van der Waals surface area contributed by atoms with Crippen LogP contribution in [0.5, 0.6) is 0 Å². The zero-order valence-corrected chi connectivity index (χ0v) is 13.0. The Hall–Kier alpha value is -2.73. The summed E-state index contributed by atoms with van der Waals surface area (Å²) in [5.41, 5.74) is 2.72. The second kappa shape index (κ2) is 6.18. The van der Waals surface area contributed by atoms with Crippen molar-refractivity contribution in [1.82, 2.24) is 0 Å². The molecule has 0 saturated carbocycles. The van der Waals surface area contributed by atoms with E-state index in [1.807, 2.05) is 18.2 Å². The van der Waals surface area contributed by atoms with E-state index in [1.165, 1.54) is 7.11 Å². The smallest absolute Gasteiger partial charge is 0.317 e. The third kappa shape index (κ3) is 2.93. The van der Waals surface area contributed by atoms with Crippen molar-refractivity contribution in [2.45, 2.75) is 0 Å². The molecule has 0 aromatic heterocycles. The molecule has 2 aromatic rings. The van der Waals surface area contributed by atoms with Gasteiger partial charge in [-0.1, -0.05) is 29.8 Å². The van der Waals surface area contributed by atoms with E-state index in [0.29, 0.717) is 38.2 Å². The second-order valence-corrected chi connectivity index (χ2v) is 5.27. The number of carbonyl (C=O) groups is 1. The first-order chi connectivity index (χ1) is 11.1. The molecule has 1 aliphatic rings. The number of hydrogen-bond donors (Lipinski definition) is 1. The van der Waals surface area contributed by atoms with E-state index in [9.17, 15) is 9.70 Å². The maximum absolute atomic E-state index is 11.8. The summed E-state index contributed by atoms with van der Waals surface area (Å²) in [5, 5.41) is 3.28. The largest absolute Gasteiger partial charge is 0.324 e. The Morgan fingerprint density at radius 1 is 1.22 bits per heavy atom. The normalized spacial score (nSPS) is 13.5. The lowest BCUT2D eigenvalue weighted by molar-refractivity contribution is -0.736. The van der Waals surface area contributed by atoms with Crippen LogP contribution in [0.25, 0.3) is 0 Å². The van der Waals surface area contributed by atoms with E-state index in [0.717, 1.165) is 0 Å². The molecular weight excluding hydrogens is 318 g/mol. The summed E-state index contributed by atoms with van der Waals surface area (Å²) < 4.78 is 0. The van der Waals surface area contributed by atoms with Crippen LogP contribution in [0.2, 0.25) is 5.02 Å². The molecule has 0 saturated heterocycles. The molecule has 0 radical (unpaired) electrons. The number of benzene rings is 2. The molecular formula is C16H13ClN3O3+. The summed E-state index contributed by atoms with van der Waals surface area (Å²) in [6.07, 6.45) is 0. The molecule has 0 aliphatic carbocycles. The summed E-state index contributed by atoms with van der Waals surface area (Å²) in [4.78, 5) is 33.0. The van der Waals surface area contributed by atoms with Gasteiger partial charge in [0.05, 0.1) is 16.3 Å².